The van der Waals surface area contributed by atoms with Crippen LogP contribution in [-0.2, 0) is 6.54 Å². The predicted molar refractivity (Wildman–Crippen MR) is 144 cm³/mol. The molecule has 0 aliphatic rings. The molecule has 0 spiro atoms. The monoisotopic (exact) mass is 524 g/mol. The zero-order valence-electron chi connectivity index (χ0n) is 19.2. The maximum absolute atomic E-state index is 13.6. The second kappa shape index (κ2) is 8.36. The smallest absolute Gasteiger partial charge is 0.282 e. The maximum atomic E-state index is 13.6. The van der Waals surface area contributed by atoms with Crippen molar-refractivity contribution in [3.63, 3.8) is 0 Å². The van der Waals surface area contributed by atoms with Gasteiger partial charge >= 0.3 is 0 Å². The number of para-hydroxylation sites is 2. The highest BCUT2D eigenvalue weighted by Gasteiger charge is 2.17. The van der Waals surface area contributed by atoms with E-state index in [1.165, 1.54) is 4.68 Å². The topological polar surface area (TPSA) is 65.3 Å². The Hall–Kier alpha value is -3.97. The maximum Gasteiger partial charge on any atom is 0.282 e. The normalized spacial score (nSPS) is 12.0. The van der Waals surface area contributed by atoms with Crippen LogP contribution in [0.15, 0.2) is 91.6 Å². The van der Waals surface area contributed by atoms with Gasteiger partial charge in [-0.15, -0.1) is 0 Å². The number of hydrogen-bond donors (Lipinski definition) is 0. The molecule has 3 aromatic heterocycles. The van der Waals surface area contributed by atoms with E-state index in [-0.39, 0.29) is 5.56 Å². The number of benzene rings is 3. The third-order valence-corrected chi connectivity index (χ3v) is 6.84. The summed E-state index contributed by atoms with van der Waals surface area (Å²) in [6.45, 7) is 5.04. The van der Waals surface area contributed by atoms with E-state index in [4.69, 9.17) is 9.40 Å². The van der Waals surface area contributed by atoms with Crippen molar-refractivity contribution in [3.8, 4) is 11.6 Å². The number of rotatable bonds is 4. The molecule has 0 fully saturated rings. The van der Waals surface area contributed by atoms with E-state index in [1.807, 2.05) is 54.6 Å². The fourth-order valence-electron chi connectivity index (χ4n) is 4.66. The van der Waals surface area contributed by atoms with Gasteiger partial charge in [-0.2, -0.15) is 9.78 Å². The second-order valence-corrected chi connectivity index (χ2v) is 9.28. The molecular formula is C28H21BrN4O2. The van der Waals surface area contributed by atoms with Gasteiger partial charge in [0.15, 0.2) is 5.76 Å². The van der Waals surface area contributed by atoms with Gasteiger partial charge in [0.2, 0.25) is 5.82 Å². The number of fused-ring (bicyclic) bond motifs is 3. The number of aryl methyl sites for hydroxylation is 1. The summed E-state index contributed by atoms with van der Waals surface area (Å²) in [4.78, 5) is 18.4. The van der Waals surface area contributed by atoms with Crippen LogP contribution in [0, 0.1) is 6.92 Å². The Morgan fingerprint density at radius 1 is 1.03 bits per heavy atom. The van der Waals surface area contributed by atoms with Crippen LogP contribution >= 0.6 is 15.9 Å². The Morgan fingerprint density at radius 3 is 2.63 bits per heavy atom. The van der Waals surface area contributed by atoms with Crippen molar-refractivity contribution in [1.29, 1.82) is 0 Å². The largest absolute Gasteiger partial charge is 0.453 e. The van der Waals surface area contributed by atoms with Gasteiger partial charge in [-0.1, -0.05) is 46.3 Å². The lowest BCUT2D eigenvalue weighted by Gasteiger charge is -2.07. The van der Waals surface area contributed by atoms with Crippen LogP contribution < -0.4 is 5.56 Å². The first-order valence-electron chi connectivity index (χ1n) is 11.4. The summed E-state index contributed by atoms with van der Waals surface area (Å²) in [6.07, 6.45) is 1.75. The van der Waals surface area contributed by atoms with E-state index < -0.39 is 0 Å². The van der Waals surface area contributed by atoms with Crippen LogP contribution in [0.25, 0.3) is 44.4 Å². The molecule has 6 nitrogen and oxygen atoms in total. The molecule has 0 unspecified atom stereocenters. The highest BCUT2D eigenvalue weighted by atomic mass is 79.9. The summed E-state index contributed by atoms with van der Waals surface area (Å²) in [5, 5.41) is 7.18. The molecule has 0 saturated heterocycles. The molecule has 0 radical (unpaired) electrons. The first-order chi connectivity index (χ1) is 17.0. The van der Waals surface area contributed by atoms with E-state index in [0.29, 0.717) is 28.1 Å². The highest BCUT2D eigenvalue weighted by molar-refractivity contribution is 9.10. The SMILES string of the molecule is CCn1c(C)c(C=Nn2c(-c3cc4cc(Br)ccc4o3)nc3ccccc3c2=O)c2ccccc21. The number of aromatic nitrogens is 3. The molecule has 7 heteroatoms. The molecular weight excluding hydrogens is 504 g/mol. The van der Waals surface area contributed by atoms with E-state index in [9.17, 15) is 4.79 Å². The van der Waals surface area contributed by atoms with Crippen LogP contribution in [0.2, 0.25) is 0 Å². The molecule has 0 aliphatic carbocycles. The van der Waals surface area contributed by atoms with Crippen LogP contribution in [0.4, 0.5) is 0 Å². The molecule has 3 aromatic carbocycles. The van der Waals surface area contributed by atoms with Crippen LogP contribution in [0.3, 0.4) is 0 Å². The van der Waals surface area contributed by atoms with Gasteiger partial charge in [-0.3, -0.25) is 4.79 Å². The zero-order valence-corrected chi connectivity index (χ0v) is 20.8. The van der Waals surface area contributed by atoms with Gasteiger partial charge in [0.25, 0.3) is 5.56 Å². The molecule has 0 amide bonds. The van der Waals surface area contributed by atoms with Crippen LogP contribution in [-0.4, -0.2) is 20.4 Å². The summed E-state index contributed by atoms with van der Waals surface area (Å²) in [5.74, 6) is 0.833. The van der Waals surface area contributed by atoms with E-state index in [0.717, 1.165) is 38.6 Å². The minimum Gasteiger partial charge on any atom is -0.453 e. The van der Waals surface area contributed by atoms with E-state index in [2.05, 4.69) is 51.6 Å². The zero-order chi connectivity index (χ0) is 24.1. The summed E-state index contributed by atoms with van der Waals surface area (Å²) in [6, 6.07) is 23.2. The third-order valence-electron chi connectivity index (χ3n) is 6.35. The second-order valence-electron chi connectivity index (χ2n) is 8.37. The summed E-state index contributed by atoms with van der Waals surface area (Å²) >= 11 is 3.50. The molecule has 6 aromatic rings. The lowest BCUT2D eigenvalue weighted by molar-refractivity contribution is 0.616. The molecule has 0 bridgehead atoms. The lowest BCUT2D eigenvalue weighted by Crippen LogP contribution is -2.20. The summed E-state index contributed by atoms with van der Waals surface area (Å²) in [5.41, 5.74) is 4.26. The first kappa shape index (κ1) is 21.6. The predicted octanol–water partition coefficient (Wildman–Crippen LogP) is 6.74. The molecule has 0 N–H and O–H groups in total. The van der Waals surface area contributed by atoms with Crippen LogP contribution in [0.5, 0.6) is 0 Å². The minimum atomic E-state index is -0.250. The molecule has 0 aliphatic heterocycles. The standard InChI is InChI=1S/C28H21BrN4O2/c1-3-32-17(2)22(20-8-5-7-11-24(20)32)16-30-33-27(31-23-10-6-4-9-21(23)28(33)34)26-15-18-14-19(29)12-13-25(18)35-26/h4-16H,3H2,1-2H3. The van der Waals surface area contributed by atoms with Crippen molar-refractivity contribution in [2.45, 2.75) is 20.4 Å². The number of halogens is 1. The molecule has 0 atom stereocenters. The highest BCUT2D eigenvalue weighted by Crippen LogP contribution is 2.29. The molecule has 3 heterocycles. The number of nitrogens with zero attached hydrogens (tertiary/aromatic N) is 4. The Bertz CT molecular complexity index is 1840. The number of furan rings is 1. The van der Waals surface area contributed by atoms with Crippen LogP contribution in [0.1, 0.15) is 18.2 Å². The molecule has 35 heavy (non-hydrogen) atoms. The number of hydrogen-bond acceptors (Lipinski definition) is 4. The minimum absolute atomic E-state index is 0.250. The average molecular weight is 525 g/mol. The van der Waals surface area contributed by atoms with Gasteiger partial charge in [-0.05, 0) is 56.3 Å². The third kappa shape index (κ3) is 3.51. The molecule has 172 valence electrons. The van der Waals surface area contributed by atoms with Crippen molar-refractivity contribution in [1.82, 2.24) is 14.2 Å². The Labute approximate surface area is 209 Å². The van der Waals surface area contributed by atoms with Crippen molar-refractivity contribution >= 4 is 54.9 Å². The van der Waals surface area contributed by atoms with Crippen molar-refractivity contribution in [2.75, 3.05) is 0 Å². The molecule has 0 saturated carbocycles. The Morgan fingerprint density at radius 2 is 1.80 bits per heavy atom. The van der Waals surface area contributed by atoms with Gasteiger partial charge in [0, 0.05) is 38.6 Å². The summed E-state index contributed by atoms with van der Waals surface area (Å²) in [7, 11) is 0. The Kier molecular flexibility index (Phi) is 5.15. The fraction of sp³-hybridized carbons (Fsp3) is 0.107. The fourth-order valence-corrected chi connectivity index (χ4v) is 5.04. The van der Waals surface area contributed by atoms with Crippen molar-refractivity contribution in [2.24, 2.45) is 5.10 Å². The van der Waals surface area contributed by atoms with Gasteiger partial charge < -0.3 is 8.98 Å². The quantitative estimate of drug-likeness (QED) is 0.240. The van der Waals surface area contributed by atoms with Gasteiger partial charge in [0.1, 0.15) is 5.58 Å². The molecule has 6 rings (SSSR count). The van der Waals surface area contributed by atoms with Crippen molar-refractivity contribution < 1.29 is 4.42 Å². The van der Waals surface area contributed by atoms with Gasteiger partial charge in [-0.25, -0.2) is 4.98 Å². The first-order valence-corrected chi connectivity index (χ1v) is 12.2. The lowest BCUT2D eigenvalue weighted by atomic mass is 10.1. The van der Waals surface area contributed by atoms with E-state index in [1.54, 1.807) is 12.3 Å². The van der Waals surface area contributed by atoms with Gasteiger partial charge in [0.05, 0.1) is 17.1 Å². The Balaban J connectivity index is 1.60. The average Bonchev–Trinajstić information content (AvgIpc) is 3.41. The van der Waals surface area contributed by atoms with Crippen molar-refractivity contribution in [3.05, 3.63) is 98.9 Å². The summed E-state index contributed by atoms with van der Waals surface area (Å²) < 4.78 is 10.6. The van der Waals surface area contributed by atoms with E-state index >= 15 is 0 Å².